The maximum atomic E-state index is 13.2. The van der Waals surface area contributed by atoms with E-state index in [9.17, 15) is 4.39 Å². The van der Waals surface area contributed by atoms with Crippen LogP contribution in [-0.4, -0.2) is 6.61 Å². The summed E-state index contributed by atoms with van der Waals surface area (Å²) in [5, 5.41) is 8.61. The van der Waals surface area contributed by atoms with Gasteiger partial charge >= 0.3 is 0 Å². The zero-order valence-corrected chi connectivity index (χ0v) is 7.46. The largest absolute Gasteiger partial charge is 0.493 e. The Kier molecular flexibility index (Phi) is 2.10. The molecule has 1 atom stereocenters. The van der Waals surface area contributed by atoms with E-state index in [1.165, 1.54) is 12.1 Å². The minimum absolute atomic E-state index is 0.00199. The molecule has 0 radical (unpaired) electrons. The van der Waals surface area contributed by atoms with Gasteiger partial charge in [0.05, 0.1) is 12.2 Å². The number of benzene rings is 1. The highest BCUT2D eigenvalue weighted by atomic mass is 19.1. The summed E-state index contributed by atoms with van der Waals surface area (Å²) < 4.78 is 18.5. The van der Waals surface area contributed by atoms with Crippen LogP contribution in [0.3, 0.4) is 0 Å². The van der Waals surface area contributed by atoms with Gasteiger partial charge in [0, 0.05) is 24.1 Å². The molecular weight excluding hydrogens is 183 g/mol. The van der Waals surface area contributed by atoms with Crippen molar-refractivity contribution < 1.29 is 9.13 Å². The monoisotopic (exact) mass is 192 g/mol. The van der Waals surface area contributed by atoms with E-state index in [1.54, 1.807) is 6.07 Å². The minimum atomic E-state index is -0.535. The van der Waals surface area contributed by atoms with Gasteiger partial charge in [-0.05, 0) is 6.07 Å². The Balaban J connectivity index is 2.55. The second kappa shape index (κ2) is 3.28. The van der Waals surface area contributed by atoms with Crippen molar-refractivity contribution in [1.29, 1.82) is 5.26 Å². The molecule has 14 heavy (non-hydrogen) atoms. The molecule has 0 aromatic heterocycles. The van der Waals surface area contributed by atoms with E-state index >= 15 is 0 Å². The molecule has 2 rings (SSSR count). The topological polar surface area (TPSA) is 59.0 Å². The molecule has 1 aliphatic rings. The first-order chi connectivity index (χ1) is 6.72. The molecule has 1 aromatic carbocycles. The lowest BCUT2D eigenvalue weighted by molar-refractivity contribution is 0.268. The molecule has 0 saturated carbocycles. The number of nitrogens with zero attached hydrogens (tertiary/aromatic N) is 1. The zero-order valence-electron chi connectivity index (χ0n) is 7.46. The second-order valence-corrected chi connectivity index (χ2v) is 3.23. The summed E-state index contributed by atoms with van der Waals surface area (Å²) in [6, 6.07) is 4.27. The molecule has 1 heterocycles. The number of ether oxygens (including phenoxy) is 1. The molecule has 1 aliphatic heterocycles. The van der Waals surface area contributed by atoms with Gasteiger partial charge in [0.25, 0.3) is 0 Å². The number of nitriles is 1. The normalized spacial score (nSPS) is 19.4. The van der Waals surface area contributed by atoms with Gasteiger partial charge in [-0.15, -0.1) is 0 Å². The predicted molar refractivity (Wildman–Crippen MR) is 48.2 cm³/mol. The van der Waals surface area contributed by atoms with Crippen molar-refractivity contribution >= 4 is 0 Å². The van der Waals surface area contributed by atoms with Crippen LogP contribution in [0.15, 0.2) is 12.1 Å². The Labute approximate surface area is 80.9 Å². The first kappa shape index (κ1) is 8.97. The Morgan fingerprint density at radius 2 is 2.36 bits per heavy atom. The van der Waals surface area contributed by atoms with Crippen LogP contribution in [0.2, 0.25) is 0 Å². The van der Waals surface area contributed by atoms with Gasteiger partial charge in [0.15, 0.2) is 0 Å². The molecule has 0 bridgehead atoms. The van der Waals surface area contributed by atoms with E-state index in [4.69, 9.17) is 15.7 Å². The van der Waals surface area contributed by atoms with Crippen LogP contribution in [-0.2, 0) is 0 Å². The van der Waals surface area contributed by atoms with Crippen molar-refractivity contribution in [1.82, 2.24) is 0 Å². The van der Waals surface area contributed by atoms with E-state index in [2.05, 4.69) is 0 Å². The van der Waals surface area contributed by atoms with E-state index in [0.717, 1.165) is 0 Å². The highest BCUT2D eigenvalue weighted by Crippen LogP contribution is 2.32. The molecule has 0 aliphatic carbocycles. The Hall–Kier alpha value is -1.60. The average Bonchev–Trinajstić information content (AvgIpc) is 2.19. The van der Waals surface area contributed by atoms with Crippen LogP contribution in [0, 0.1) is 17.1 Å². The van der Waals surface area contributed by atoms with Crippen LogP contribution < -0.4 is 10.5 Å². The van der Waals surface area contributed by atoms with E-state index in [-0.39, 0.29) is 11.6 Å². The molecule has 1 aromatic rings. The van der Waals surface area contributed by atoms with Crippen LogP contribution >= 0.6 is 0 Å². The maximum absolute atomic E-state index is 13.2. The van der Waals surface area contributed by atoms with Crippen molar-refractivity contribution in [2.75, 3.05) is 6.61 Å². The van der Waals surface area contributed by atoms with Crippen LogP contribution in [0.4, 0.5) is 4.39 Å². The van der Waals surface area contributed by atoms with E-state index < -0.39 is 5.82 Å². The molecule has 0 amide bonds. The summed E-state index contributed by atoms with van der Waals surface area (Å²) in [5.74, 6) is -0.00565. The van der Waals surface area contributed by atoms with E-state index in [1.807, 2.05) is 0 Å². The lowest BCUT2D eigenvalue weighted by atomic mass is 9.99. The van der Waals surface area contributed by atoms with Crippen molar-refractivity contribution in [3.05, 3.63) is 29.1 Å². The summed E-state index contributed by atoms with van der Waals surface area (Å²) in [5.41, 5.74) is 6.42. The summed E-state index contributed by atoms with van der Waals surface area (Å²) >= 11 is 0. The first-order valence-corrected chi connectivity index (χ1v) is 4.34. The van der Waals surface area contributed by atoms with Gasteiger partial charge in [-0.1, -0.05) is 0 Å². The van der Waals surface area contributed by atoms with Crippen LogP contribution in [0.1, 0.15) is 23.6 Å². The fourth-order valence-electron chi connectivity index (χ4n) is 1.52. The number of hydrogen-bond donors (Lipinski definition) is 1. The quantitative estimate of drug-likeness (QED) is 0.677. The minimum Gasteiger partial charge on any atom is -0.493 e. The number of hydrogen-bond acceptors (Lipinski definition) is 3. The number of nitrogens with two attached hydrogens (primary N) is 1. The molecule has 72 valence electrons. The third-order valence-electron chi connectivity index (χ3n) is 2.31. The van der Waals surface area contributed by atoms with Crippen molar-refractivity contribution in [2.24, 2.45) is 5.73 Å². The fraction of sp³-hybridized carbons (Fsp3) is 0.300. The summed E-state index contributed by atoms with van der Waals surface area (Å²) in [6.45, 7) is 0.519. The van der Waals surface area contributed by atoms with Gasteiger partial charge < -0.3 is 10.5 Å². The molecule has 0 fully saturated rings. The van der Waals surface area contributed by atoms with Crippen molar-refractivity contribution in [3.63, 3.8) is 0 Å². The molecule has 3 nitrogen and oxygen atoms in total. The maximum Gasteiger partial charge on any atom is 0.141 e. The smallest absolute Gasteiger partial charge is 0.141 e. The Morgan fingerprint density at radius 3 is 3.07 bits per heavy atom. The molecule has 2 N–H and O–H groups in total. The lowest BCUT2D eigenvalue weighted by Crippen LogP contribution is -2.20. The van der Waals surface area contributed by atoms with E-state index in [0.29, 0.717) is 24.3 Å². The van der Waals surface area contributed by atoms with Gasteiger partial charge in [0.2, 0.25) is 0 Å². The molecule has 0 saturated heterocycles. The van der Waals surface area contributed by atoms with Crippen molar-refractivity contribution in [2.45, 2.75) is 12.5 Å². The second-order valence-electron chi connectivity index (χ2n) is 3.23. The molecule has 0 spiro atoms. The Morgan fingerprint density at radius 1 is 1.57 bits per heavy atom. The number of halogens is 1. The van der Waals surface area contributed by atoms with Gasteiger partial charge in [-0.25, -0.2) is 4.39 Å². The molecule has 4 heteroatoms. The number of rotatable bonds is 0. The lowest BCUT2D eigenvalue weighted by Gasteiger charge is -2.22. The van der Waals surface area contributed by atoms with Crippen molar-refractivity contribution in [3.8, 4) is 11.8 Å². The SMILES string of the molecule is N#Cc1cc2c(cc1F)C(N)CCO2. The third-order valence-corrected chi connectivity index (χ3v) is 2.31. The van der Waals surface area contributed by atoms with Gasteiger partial charge in [0.1, 0.15) is 17.6 Å². The van der Waals surface area contributed by atoms with Gasteiger partial charge in [-0.2, -0.15) is 5.26 Å². The number of fused-ring (bicyclic) bond motifs is 1. The van der Waals surface area contributed by atoms with Gasteiger partial charge in [-0.3, -0.25) is 0 Å². The third kappa shape index (κ3) is 1.32. The Bertz CT molecular complexity index is 411. The predicted octanol–water partition coefficient (Wildman–Crippen LogP) is 1.48. The zero-order chi connectivity index (χ0) is 10.1. The first-order valence-electron chi connectivity index (χ1n) is 4.34. The average molecular weight is 192 g/mol. The fourth-order valence-corrected chi connectivity index (χ4v) is 1.52. The summed E-state index contributed by atoms with van der Waals surface area (Å²) in [4.78, 5) is 0. The summed E-state index contributed by atoms with van der Waals surface area (Å²) in [7, 11) is 0. The standard InChI is InChI=1S/C10H9FN2O/c11-8-4-7-9(13)1-2-14-10(7)3-6(8)5-12/h3-4,9H,1-2,13H2. The highest BCUT2D eigenvalue weighted by molar-refractivity contribution is 5.45. The molecule has 1 unspecified atom stereocenters. The van der Waals surface area contributed by atoms with Crippen LogP contribution in [0.25, 0.3) is 0 Å². The highest BCUT2D eigenvalue weighted by Gasteiger charge is 2.20. The van der Waals surface area contributed by atoms with Crippen LogP contribution in [0.5, 0.6) is 5.75 Å². The summed E-state index contributed by atoms with van der Waals surface area (Å²) in [6.07, 6.45) is 0.679. The molecular formula is C10H9FN2O.